The summed E-state index contributed by atoms with van der Waals surface area (Å²) < 4.78 is 1.97. The molecule has 78 valence electrons. The van der Waals surface area contributed by atoms with Crippen LogP contribution in [0.5, 0.6) is 0 Å². The normalized spacial score (nSPS) is 17.1. The topological polar surface area (TPSA) is 29.9 Å². The summed E-state index contributed by atoms with van der Waals surface area (Å²) in [5.74, 6) is 0. The van der Waals surface area contributed by atoms with Crippen LogP contribution in [0.2, 0.25) is 0 Å². The third-order valence-electron chi connectivity index (χ3n) is 3.33. The quantitative estimate of drug-likeness (QED) is 0.791. The van der Waals surface area contributed by atoms with Crippen LogP contribution in [-0.4, -0.2) is 15.8 Å². The largest absolute Gasteiger partial charge is 0.310 e. The third-order valence-corrected chi connectivity index (χ3v) is 3.33. The van der Waals surface area contributed by atoms with Crippen LogP contribution in [-0.2, 0) is 13.6 Å². The van der Waals surface area contributed by atoms with Gasteiger partial charge in [-0.15, -0.1) is 0 Å². The van der Waals surface area contributed by atoms with E-state index in [1.165, 1.54) is 30.5 Å². The van der Waals surface area contributed by atoms with Gasteiger partial charge in [0.15, 0.2) is 0 Å². The summed E-state index contributed by atoms with van der Waals surface area (Å²) in [4.78, 5) is 0. The lowest BCUT2D eigenvalue weighted by molar-refractivity contribution is 0.338. The molecule has 1 aliphatic rings. The van der Waals surface area contributed by atoms with E-state index < -0.39 is 0 Å². The zero-order valence-electron chi connectivity index (χ0n) is 9.30. The van der Waals surface area contributed by atoms with Crippen molar-refractivity contribution >= 4 is 0 Å². The first kappa shape index (κ1) is 9.71. The van der Waals surface area contributed by atoms with E-state index in [2.05, 4.69) is 24.3 Å². The van der Waals surface area contributed by atoms with Gasteiger partial charge in [-0.3, -0.25) is 4.68 Å². The Morgan fingerprint density at radius 1 is 1.43 bits per heavy atom. The summed E-state index contributed by atoms with van der Waals surface area (Å²) in [7, 11) is 2.01. The average Bonchev–Trinajstić information content (AvgIpc) is 2.28. The van der Waals surface area contributed by atoms with E-state index >= 15 is 0 Å². The molecule has 0 amide bonds. The Morgan fingerprint density at radius 3 is 2.57 bits per heavy atom. The number of rotatable bonds is 3. The van der Waals surface area contributed by atoms with Crippen molar-refractivity contribution in [3.8, 4) is 0 Å². The number of nitrogens with one attached hydrogen (secondary N) is 1. The number of hydrogen-bond donors (Lipinski definition) is 1. The van der Waals surface area contributed by atoms with Crippen LogP contribution in [0.15, 0.2) is 0 Å². The predicted molar refractivity (Wildman–Crippen MR) is 57.2 cm³/mol. The van der Waals surface area contributed by atoms with Crippen LogP contribution in [0.4, 0.5) is 0 Å². The van der Waals surface area contributed by atoms with Gasteiger partial charge in [-0.2, -0.15) is 5.10 Å². The second-order valence-corrected chi connectivity index (χ2v) is 4.28. The van der Waals surface area contributed by atoms with Crippen molar-refractivity contribution in [3.05, 3.63) is 17.0 Å². The van der Waals surface area contributed by atoms with Crippen molar-refractivity contribution in [2.45, 2.75) is 45.7 Å². The van der Waals surface area contributed by atoms with Gasteiger partial charge in [-0.25, -0.2) is 0 Å². The van der Waals surface area contributed by atoms with Crippen LogP contribution < -0.4 is 5.32 Å². The number of aromatic nitrogens is 2. The molecule has 1 fully saturated rings. The standard InChI is InChI=1S/C11H19N3/c1-8-11(9(2)14(3)13-8)7-12-10-5-4-6-10/h10,12H,4-7H2,1-3H3. The molecule has 1 N–H and O–H groups in total. The minimum absolute atomic E-state index is 0.758. The Labute approximate surface area is 85.5 Å². The lowest BCUT2D eigenvalue weighted by Gasteiger charge is -2.26. The molecule has 1 aromatic heterocycles. The fourth-order valence-electron chi connectivity index (χ4n) is 1.93. The smallest absolute Gasteiger partial charge is 0.0641 e. The highest BCUT2D eigenvalue weighted by Gasteiger charge is 2.17. The fraction of sp³-hybridized carbons (Fsp3) is 0.727. The SMILES string of the molecule is Cc1nn(C)c(C)c1CNC1CCC1. The first-order chi connectivity index (χ1) is 6.68. The molecule has 1 aromatic rings. The van der Waals surface area contributed by atoms with Gasteiger partial charge in [-0.1, -0.05) is 6.42 Å². The molecular weight excluding hydrogens is 174 g/mol. The first-order valence-electron chi connectivity index (χ1n) is 5.41. The Morgan fingerprint density at radius 2 is 2.14 bits per heavy atom. The highest BCUT2D eigenvalue weighted by atomic mass is 15.3. The molecule has 1 aliphatic carbocycles. The molecule has 1 saturated carbocycles. The number of aryl methyl sites for hydroxylation is 2. The Balaban J connectivity index is 2.00. The van der Waals surface area contributed by atoms with Crippen LogP contribution in [0.3, 0.4) is 0 Å². The van der Waals surface area contributed by atoms with E-state index in [0.717, 1.165) is 18.3 Å². The maximum atomic E-state index is 4.41. The van der Waals surface area contributed by atoms with Crippen LogP contribution >= 0.6 is 0 Å². The van der Waals surface area contributed by atoms with Gasteiger partial charge in [0.2, 0.25) is 0 Å². The molecule has 2 rings (SSSR count). The van der Waals surface area contributed by atoms with E-state index in [-0.39, 0.29) is 0 Å². The van der Waals surface area contributed by atoms with E-state index in [9.17, 15) is 0 Å². The summed E-state index contributed by atoms with van der Waals surface area (Å²) in [6.07, 6.45) is 4.08. The summed E-state index contributed by atoms with van der Waals surface area (Å²) >= 11 is 0. The van der Waals surface area contributed by atoms with E-state index in [4.69, 9.17) is 0 Å². The Kier molecular flexibility index (Phi) is 2.59. The average molecular weight is 193 g/mol. The lowest BCUT2D eigenvalue weighted by Crippen LogP contribution is -2.34. The first-order valence-corrected chi connectivity index (χ1v) is 5.41. The molecule has 0 bridgehead atoms. The van der Waals surface area contributed by atoms with Gasteiger partial charge in [0.05, 0.1) is 5.69 Å². The Bertz CT molecular complexity index is 324. The maximum Gasteiger partial charge on any atom is 0.0641 e. The molecule has 0 aromatic carbocycles. The summed E-state index contributed by atoms with van der Waals surface area (Å²) in [5.41, 5.74) is 3.82. The molecule has 3 nitrogen and oxygen atoms in total. The van der Waals surface area contributed by atoms with Gasteiger partial charge >= 0.3 is 0 Å². The highest BCUT2D eigenvalue weighted by molar-refractivity contribution is 5.24. The van der Waals surface area contributed by atoms with Crippen LogP contribution in [0, 0.1) is 13.8 Å². The van der Waals surface area contributed by atoms with Crippen molar-refractivity contribution in [2.24, 2.45) is 7.05 Å². The molecule has 3 heteroatoms. The maximum absolute atomic E-state index is 4.41. The minimum Gasteiger partial charge on any atom is -0.310 e. The van der Waals surface area contributed by atoms with Crippen molar-refractivity contribution < 1.29 is 0 Å². The molecule has 0 aliphatic heterocycles. The molecule has 0 unspecified atom stereocenters. The second-order valence-electron chi connectivity index (χ2n) is 4.28. The zero-order chi connectivity index (χ0) is 10.1. The van der Waals surface area contributed by atoms with Gasteiger partial charge in [0.25, 0.3) is 0 Å². The molecule has 0 spiro atoms. The van der Waals surface area contributed by atoms with Crippen molar-refractivity contribution in [1.82, 2.24) is 15.1 Å². The molecule has 0 radical (unpaired) electrons. The van der Waals surface area contributed by atoms with Gasteiger partial charge in [-0.05, 0) is 26.7 Å². The second kappa shape index (κ2) is 3.73. The molecule has 1 heterocycles. The third kappa shape index (κ3) is 1.69. The predicted octanol–water partition coefficient (Wildman–Crippen LogP) is 1.68. The zero-order valence-corrected chi connectivity index (χ0v) is 9.30. The van der Waals surface area contributed by atoms with E-state index in [1.54, 1.807) is 0 Å². The van der Waals surface area contributed by atoms with Gasteiger partial charge in [0, 0.05) is 30.9 Å². The van der Waals surface area contributed by atoms with Crippen LogP contribution in [0.1, 0.15) is 36.2 Å². The number of hydrogen-bond acceptors (Lipinski definition) is 2. The highest BCUT2D eigenvalue weighted by Crippen LogP contribution is 2.19. The fourth-order valence-corrected chi connectivity index (χ4v) is 1.93. The van der Waals surface area contributed by atoms with Gasteiger partial charge in [0.1, 0.15) is 0 Å². The molecule has 14 heavy (non-hydrogen) atoms. The van der Waals surface area contributed by atoms with Crippen molar-refractivity contribution in [2.75, 3.05) is 0 Å². The van der Waals surface area contributed by atoms with Crippen LogP contribution in [0.25, 0.3) is 0 Å². The summed E-state index contributed by atoms with van der Waals surface area (Å²) in [6, 6.07) is 0.758. The van der Waals surface area contributed by atoms with E-state index in [0.29, 0.717) is 0 Å². The Hall–Kier alpha value is -0.830. The molecule has 0 atom stereocenters. The van der Waals surface area contributed by atoms with Crippen molar-refractivity contribution in [1.29, 1.82) is 0 Å². The summed E-state index contributed by atoms with van der Waals surface area (Å²) in [6.45, 7) is 5.21. The molecular formula is C11H19N3. The number of nitrogens with zero attached hydrogens (tertiary/aromatic N) is 2. The van der Waals surface area contributed by atoms with E-state index in [1.807, 2.05) is 11.7 Å². The van der Waals surface area contributed by atoms with Crippen molar-refractivity contribution in [3.63, 3.8) is 0 Å². The van der Waals surface area contributed by atoms with Gasteiger partial charge < -0.3 is 5.32 Å². The monoisotopic (exact) mass is 193 g/mol. The molecule has 0 saturated heterocycles. The lowest BCUT2D eigenvalue weighted by atomic mass is 9.93. The minimum atomic E-state index is 0.758. The summed E-state index contributed by atoms with van der Waals surface area (Å²) in [5, 5.41) is 7.99.